The lowest BCUT2D eigenvalue weighted by Crippen LogP contribution is -2.48. The Bertz CT molecular complexity index is 403. The molecule has 1 aromatic carbocycles. The molecule has 3 heteroatoms. The van der Waals surface area contributed by atoms with E-state index in [-0.39, 0.29) is 5.82 Å². The quantitative estimate of drug-likeness (QED) is 0.886. The zero-order valence-corrected chi connectivity index (χ0v) is 11.5. The zero-order valence-electron chi connectivity index (χ0n) is 11.5. The first-order chi connectivity index (χ1) is 8.56. The van der Waals surface area contributed by atoms with Crippen molar-refractivity contribution in [3.05, 3.63) is 29.6 Å². The summed E-state index contributed by atoms with van der Waals surface area (Å²) in [6.07, 6.45) is 2.31. The number of rotatable bonds is 3. The highest BCUT2D eigenvalue weighted by atomic mass is 19.1. The molecule has 1 fully saturated rings. The van der Waals surface area contributed by atoms with Crippen LogP contribution in [0.1, 0.15) is 32.3 Å². The van der Waals surface area contributed by atoms with E-state index in [2.05, 4.69) is 24.1 Å². The molecule has 0 aliphatic carbocycles. The van der Waals surface area contributed by atoms with Crippen molar-refractivity contribution < 1.29 is 4.39 Å². The van der Waals surface area contributed by atoms with Crippen molar-refractivity contribution in [2.45, 2.75) is 45.7 Å². The number of anilines is 1. The Hall–Kier alpha value is -1.09. The molecule has 1 unspecified atom stereocenters. The van der Waals surface area contributed by atoms with Crippen LogP contribution in [-0.2, 0) is 0 Å². The molecule has 1 aromatic rings. The Labute approximate surface area is 109 Å². The molecule has 1 heterocycles. The normalized spacial score (nSPS) is 20.5. The average Bonchev–Trinajstić information content (AvgIpc) is 2.32. The van der Waals surface area contributed by atoms with Crippen LogP contribution in [0.5, 0.6) is 0 Å². The molecular formula is C15H23FN2. The van der Waals surface area contributed by atoms with Crippen molar-refractivity contribution in [1.82, 2.24) is 5.32 Å². The summed E-state index contributed by atoms with van der Waals surface area (Å²) < 4.78 is 13.9. The molecule has 0 aromatic heterocycles. The maximum atomic E-state index is 13.9. The van der Waals surface area contributed by atoms with Crippen LogP contribution < -0.4 is 10.2 Å². The highest BCUT2D eigenvalue weighted by molar-refractivity contribution is 5.50. The second-order valence-electron chi connectivity index (χ2n) is 5.56. The van der Waals surface area contributed by atoms with Gasteiger partial charge in [-0.15, -0.1) is 0 Å². The average molecular weight is 250 g/mol. The fourth-order valence-corrected chi connectivity index (χ4v) is 2.67. The van der Waals surface area contributed by atoms with Crippen LogP contribution in [0.25, 0.3) is 0 Å². The van der Waals surface area contributed by atoms with Gasteiger partial charge in [-0.25, -0.2) is 4.39 Å². The van der Waals surface area contributed by atoms with Crippen molar-refractivity contribution in [2.75, 3.05) is 18.0 Å². The SMILES string of the molecule is Cc1ccc(F)c(N2CCCC(NC(C)C)C2)c1. The molecule has 1 saturated heterocycles. The molecular weight excluding hydrogens is 227 g/mol. The van der Waals surface area contributed by atoms with Crippen LogP contribution in [0.2, 0.25) is 0 Å². The molecule has 2 rings (SSSR count). The number of nitrogens with zero attached hydrogens (tertiary/aromatic N) is 1. The summed E-state index contributed by atoms with van der Waals surface area (Å²) in [5, 5.41) is 3.55. The van der Waals surface area contributed by atoms with E-state index in [1.807, 2.05) is 19.1 Å². The van der Waals surface area contributed by atoms with Gasteiger partial charge < -0.3 is 10.2 Å². The predicted octanol–water partition coefficient (Wildman–Crippen LogP) is 3.10. The summed E-state index contributed by atoms with van der Waals surface area (Å²) in [5.74, 6) is -0.106. The van der Waals surface area contributed by atoms with Gasteiger partial charge >= 0.3 is 0 Å². The lowest BCUT2D eigenvalue weighted by atomic mass is 10.0. The fraction of sp³-hybridized carbons (Fsp3) is 0.600. The maximum Gasteiger partial charge on any atom is 0.146 e. The van der Waals surface area contributed by atoms with Gasteiger partial charge in [-0.2, -0.15) is 0 Å². The second kappa shape index (κ2) is 5.70. The van der Waals surface area contributed by atoms with E-state index in [4.69, 9.17) is 0 Å². The highest BCUT2D eigenvalue weighted by Gasteiger charge is 2.22. The molecule has 0 radical (unpaired) electrons. The molecule has 1 N–H and O–H groups in total. The maximum absolute atomic E-state index is 13.9. The predicted molar refractivity (Wildman–Crippen MR) is 74.6 cm³/mol. The lowest BCUT2D eigenvalue weighted by molar-refractivity contribution is 0.392. The van der Waals surface area contributed by atoms with Gasteiger partial charge in [0.1, 0.15) is 5.82 Å². The van der Waals surface area contributed by atoms with E-state index in [0.717, 1.165) is 30.8 Å². The van der Waals surface area contributed by atoms with Crippen LogP contribution in [-0.4, -0.2) is 25.2 Å². The number of hydrogen-bond donors (Lipinski definition) is 1. The molecule has 0 spiro atoms. The molecule has 0 saturated carbocycles. The minimum Gasteiger partial charge on any atom is -0.368 e. The smallest absolute Gasteiger partial charge is 0.146 e. The minimum absolute atomic E-state index is 0.106. The lowest BCUT2D eigenvalue weighted by Gasteiger charge is -2.36. The number of piperidine rings is 1. The molecule has 1 aliphatic heterocycles. The first-order valence-electron chi connectivity index (χ1n) is 6.83. The van der Waals surface area contributed by atoms with Crippen LogP contribution in [0.3, 0.4) is 0 Å². The zero-order chi connectivity index (χ0) is 13.1. The summed E-state index contributed by atoms with van der Waals surface area (Å²) >= 11 is 0. The van der Waals surface area contributed by atoms with Crippen LogP contribution in [0.4, 0.5) is 10.1 Å². The fourth-order valence-electron chi connectivity index (χ4n) is 2.67. The largest absolute Gasteiger partial charge is 0.368 e. The summed E-state index contributed by atoms with van der Waals surface area (Å²) in [6, 6.07) is 6.31. The Morgan fingerprint density at radius 2 is 2.17 bits per heavy atom. The highest BCUT2D eigenvalue weighted by Crippen LogP contribution is 2.24. The van der Waals surface area contributed by atoms with Crippen molar-refractivity contribution in [1.29, 1.82) is 0 Å². The van der Waals surface area contributed by atoms with Gasteiger partial charge in [-0.3, -0.25) is 0 Å². The first-order valence-corrected chi connectivity index (χ1v) is 6.83. The van der Waals surface area contributed by atoms with Gasteiger partial charge in [-0.05, 0) is 37.5 Å². The third-order valence-electron chi connectivity index (χ3n) is 3.43. The van der Waals surface area contributed by atoms with Crippen molar-refractivity contribution >= 4 is 5.69 Å². The number of benzene rings is 1. The number of halogens is 1. The Morgan fingerprint density at radius 3 is 2.89 bits per heavy atom. The third-order valence-corrected chi connectivity index (χ3v) is 3.43. The van der Waals surface area contributed by atoms with Gasteiger partial charge in [0.05, 0.1) is 5.69 Å². The van der Waals surface area contributed by atoms with Gasteiger partial charge in [0, 0.05) is 25.2 Å². The van der Waals surface area contributed by atoms with Crippen molar-refractivity contribution in [3.8, 4) is 0 Å². The Balaban J connectivity index is 2.10. The number of nitrogens with one attached hydrogen (secondary N) is 1. The van der Waals surface area contributed by atoms with E-state index in [0.29, 0.717) is 12.1 Å². The topological polar surface area (TPSA) is 15.3 Å². The van der Waals surface area contributed by atoms with Crippen molar-refractivity contribution in [3.63, 3.8) is 0 Å². The molecule has 100 valence electrons. The van der Waals surface area contributed by atoms with Crippen LogP contribution in [0, 0.1) is 12.7 Å². The van der Waals surface area contributed by atoms with Crippen LogP contribution in [0.15, 0.2) is 18.2 Å². The van der Waals surface area contributed by atoms with Gasteiger partial charge in [0.2, 0.25) is 0 Å². The summed E-state index contributed by atoms with van der Waals surface area (Å²) in [7, 11) is 0. The van der Waals surface area contributed by atoms with E-state index < -0.39 is 0 Å². The van der Waals surface area contributed by atoms with Crippen molar-refractivity contribution in [2.24, 2.45) is 0 Å². The second-order valence-corrected chi connectivity index (χ2v) is 5.56. The number of hydrogen-bond acceptors (Lipinski definition) is 2. The third kappa shape index (κ3) is 3.22. The number of aryl methyl sites for hydroxylation is 1. The minimum atomic E-state index is -0.106. The van der Waals surface area contributed by atoms with E-state index in [9.17, 15) is 4.39 Å². The summed E-state index contributed by atoms with van der Waals surface area (Å²) in [5.41, 5.74) is 1.87. The molecule has 2 nitrogen and oxygen atoms in total. The van der Waals surface area contributed by atoms with Gasteiger partial charge in [-0.1, -0.05) is 19.9 Å². The molecule has 0 bridgehead atoms. The van der Waals surface area contributed by atoms with Gasteiger partial charge in [0.15, 0.2) is 0 Å². The van der Waals surface area contributed by atoms with E-state index in [1.165, 1.54) is 6.42 Å². The van der Waals surface area contributed by atoms with Crippen LogP contribution >= 0.6 is 0 Å². The molecule has 1 atom stereocenters. The van der Waals surface area contributed by atoms with Gasteiger partial charge in [0.25, 0.3) is 0 Å². The standard InChI is InChI=1S/C15H23FN2/c1-11(2)17-13-5-4-8-18(10-13)15-9-12(3)6-7-14(15)16/h6-7,9,11,13,17H,4-5,8,10H2,1-3H3. The summed E-state index contributed by atoms with van der Waals surface area (Å²) in [6.45, 7) is 8.18. The Kier molecular flexibility index (Phi) is 4.23. The molecule has 18 heavy (non-hydrogen) atoms. The van der Waals surface area contributed by atoms with E-state index >= 15 is 0 Å². The summed E-state index contributed by atoms with van der Waals surface area (Å²) in [4.78, 5) is 2.17. The first kappa shape index (κ1) is 13.3. The molecule has 0 amide bonds. The monoisotopic (exact) mass is 250 g/mol. The Morgan fingerprint density at radius 1 is 1.39 bits per heavy atom. The van der Waals surface area contributed by atoms with E-state index in [1.54, 1.807) is 6.07 Å². The molecule has 1 aliphatic rings.